The van der Waals surface area contributed by atoms with Gasteiger partial charge in [-0.25, -0.2) is 4.98 Å². The Morgan fingerprint density at radius 1 is 1.43 bits per heavy atom. The van der Waals surface area contributed by atoms with Gasteiger partial charge in [0.05, 0.1) is 13.2 Å². The summed E-state index contributed by atoms with van der Waals surface area (Å²) in [7, 11) is 1.79. The molecular formula is C14H21N5O2. The van der Waals surface area contributed by atoms with E-state index in [2.05, 4.69) is 20.6 Å². The van der Waals surface area contributed by atoms with Crippen molar-refractivity contribution in [2.45, 2.75) is 31.8 Å². The standard InChI is InChI=1S/C14H21N5O2/c1-9-7-12(18-14(15-2)16-9)19-5-6-21-8-11(19)13(20)17-10-3-4-10/h7,10-11H,3-6,8H2,1-2H3,(H,17,20)(H,15,16,18). The van der Waals surface area contributed by atoms with E-state index in [-0.39, 0.29) is 11.9 Å². The summed E-state index contributed by atoms with van der Waals surface area (Å²) in [5, 5.41) is 6.00. The van der Waals surface area contributed by atoms with Crippen LogP contribution in [0.3, 0.4) is 0 Å². The monoisotopic (exact) mass is 291 g/mol. The first-order valence-electron chi connectivity index (χ1n) is 7.35. The van der Waals surface area contributed by atoms with Gasteiger partial charge >= 0.3 is 0 Å². The molecule has 1 aliphatic carbocycles. The van der Waals surface area contributed by atoms with Crippen LogP contribution in [-0.4, -0.2) is 54.8 Å². The van der Waals surface area contributed by atoms with Gasteiger partial charge in [-0.2, -0.15) is 4.98 Å². The highest BCUT2D eigenvalue weighted by molar-refractivity contribution is 5.85. The highest BCUT2D eigenvalue weighted by Crippen LogP contribution is 2.22. The van der Waals surface area contributed by atoms with Gasteiger partial charge in [-0.3, -0.25) is 4.79 Å². The van der Waals surface area contributed by atoms with E-state index in [0.29, 0.717) is 31.7 Å². The number of hydrogen-bond acceptors (Lipinski definition) is 6. The number of anilines is 2. The van der Waals surface area contributed by atoms with Crippen molar-refractivity contribution in [2.75, 3.05) is 37.0 Å². The van der Waals surface area contributed by atoms with E-state index >= 15 is 0 Å². The first-order valence-corrected chi connectivity index (χ1v) is 7.35. The van der Waals surface area contributed by atoms with Crippen LogP contribution in [0.25, 0.3) is 0 Å². The van der Waals surface area contributed by atoms with E-state index in [9.17, 15) is 4.79 Å². The third-order valence-electron chi connectivity index (χ3n) is 3.71. The first-order chi connectivity index (χ1) is 10.2. The molecule has 1 atom stereocenters. The van der Waals surface area contributed by atoms with Gasteiger partial charge in [0, 0.05) is 31.4 Å². The lowest BCUT2D eigenvalue weighted by atomic mass is 10.2. The minimum absolute atomic E-state index is 0.0273. The maximum atomic E-state index is 12.4. The van der Waals surface area contributed by atoms with E-state index in [0.717, 1.165) is 24.4 Å². The van der Waals surface area contributed by atoms with Crippen LogP contribution in [0.15, 0.2) is 6.07 Å². The summed E-state index contributed by atoms with van der Waals surface area (Å²) in [6.07, 6.45) is 2.16. The number of aromatic nitrogens is 2. The van der Waals surface area contributed by atoms with Crippen LogP contribution >= 0.6 is 0 Å². The van der Waals surface area contributed by atoms with Crippen molar-refractivity contribution in [3.63, 3.8) is 0 Å². The van der Waals surface area contributed by atoms with Crippen molar-refractivity contribution in [3.8, 4) is 0 Å². The first kappa shape index (κ1) is 14.1. The lowest BCUT2D eigenvalue weighted by molar-refractivity contribution is -0.124. The fraction of sp³-hybridized carbons (Fsp3) is 0.643. The average molecular weight is 291 g/mol. The van der Waals surface area contributed by atoms with Crippen molar-refractivity contribution in [2.24, 2.45) is 0 Å². The van der Waals surface area contributed by atoms with Gasteiger partial charge in [-0.05, 0) is 19.8 Å². The van der Waals surface area contributed by atoms with E-state index in [1.54, 1.807) is 7.05 Å². The molecule has 0 radical (unpaired) electrons. The Kier molecular flexibility index (Phi) is 3.92. The lowest BCUT2D eigenvalue weighted by Gasteiger charge is -2.35. The number of aryl methyl sites for hydroxylation is 1. The molecule has 2 N–H and O–H groups in total. The Hall–Kier alpha value is -1.89. The van der Waals surface area contributed by atoms with Gasteiger partial charge in [-0.1, -0.05) is 0 Å². The number of nitrogens with zero attached hydrogens (tertiary/aromatic N) is 3. The largest absolute Gasteiger partial charge is 0.377 e. The molecule has 1 saturated carbocycles. The number of carbonyl (C=O) groups is 1. The Morgan fingerprint density at radius 2 is 2.24 bits per heavy atom. The molecule has 1 unspecified atom stereocenters. The second kappa shape index (κ2) is 5.85. The van der Waals surface area contributed by atoms with Gasteiger partial charge in [-0.15, -0.1) is 0 Å². The summed E-state index contributed by atoms with van der Waals surface area (Å²) in [6.45, 7) is 3.58. The number of hydrogen-bond donors (Lipinski definition) is 2. The van der Waals surface area contributed by atoms with Crippen LogP contribution in [0.2, 0.25) is 0 Å². The van der Waals surface area contributed by atoms with Crippen molar-refractivity contribution in [1.29, 1.82) is 0 Å². The average Bonchev–Trinajstić information content (AvgIpc) is 3.30. The van der Waals surface area contributed by atoms with Gasteiger partial charge in [0.2, 0.25) is 11.9 Å². The van der Waals surface area contributed by atoms with E-state index in [4.69, 9.17) is 4.74 Å². The van der Waals surface area contributed by atoms with Crippen LogP contribution < -0.4 is 15.5 Å². The van der Waals surface area contributed by atoms with E-state index in [1.807, 2.05) is 17.9 Å². The molecule has 1 aromatic heterocycles. The molecule has 0 aromatic carbocycles. The quantitative estimate of drug-likeness (QED) is 0.831. The molecule has 114 valence electrons. The fourth-order valence-electron chi connectivity index (χ4n) is 2.43. The summed E-state index contributed by atoms with van der Waals surface area (Å²) in [6, 6.07) is 1.93. The molecule has 21 heavy (non-hydrogen) atoms. The van der Waals surface area contributed by atoms with Gasteiger partial charge in [0.15, 0.2) is 0 Å². The summed E-state index contributed by atoms with van der Waals surface area (Å²) in [5.41, 5.74) is 0.872. The summed E-state index contributed by atoms with van der Waals surface area (Å²) >= 11 is 0. The maximum absolute atomic E-state index is 12.4. The van der Waals surface area contributed by atoms with Crippen molar-refractivity contribution >= 4 is 17.7 Å². The Bertz CT molecular complexity index is 532. The molecule has 1 saturated heterocycles. The molecule has 3 rings (SSSR count). The number of ether oxygens (including phenoxy) is 1. The molecule has 2 aliphatic rings. The summed E-state index contributed by atoms with van der Waals surface area (Å²) in [4.78, 5) is 23.2. The minimum atomic E-state index is -0.321. The molecule has 7 nitrogen and oxygen atoms in total. The molecule has 7 heteroatoms. The molecule has 0 spiro atoms. The van der Waals surface area contributed by atoms with Gasteiger partial charge < -0.3 is 20.3 Å². The molecule has 0 bridgehead atoms. The summed E-state index contributed by atoms with van der Waals surface area (Å²) in [5.74, 6) is 1.36. The topological polar surface area (TPSA) is 79.4 Å². The zero-order valence-corrected chi connectivity index (χ0v) is 12.4. The SMILES string of the molecule is CNc1nc(C)cc(N2CCOCC2C(=O)NC2CC2)n1. The second-order valence-corrected chi connectivity index (χ2v) is 5.51. The zero-order valence-electron chi connectivity index (χ0n) is 12.4. The van der Waals surface area contributed by atoms with Crippen LogP contribution in [0.1, 0.15) is 18.5 Å². The minimum Gasteiger partial charge on any atom is -0.377 e. The van der Waals surface area contributed by atoms with Crippen molar-refractivity contribution < 1.29 is 9.53 Å². The third-order valence-corrected chi connectivity index (χ3v) is 3.71. The Labute approximate surface area is 124 Å². The third kappa shape index (κ3) is 3.24. The highest BCUT2D eigenvalue weighted by atomic mass is 16.5. The lowest BCUT2D eigenvalue weighted by Crippen LogP contribution is -2.54. The number of carbonyl (C=O) groups excluding carboxylic acids is 1. The predicted octanol–water partition coefficient (Wildman–Crippen LogP) is 0.311. The van der Waals surface area contributed by atoms with E-state index in [1.165, 1.54) is 0 Å². The van der Waals surface area contributed by atoms with Crippen LogP contribution in [0.5, 0.6) is 0 Å². The molecular weight excluding hydrogens is 270 g/mol. The molecule has 1 aromatic rings. The second-order valence-electron chi connectivity index (χ2n) is 5.51. The molecule has 1 amide bonds. The predicted molar refractivity (Wildman–Crippen MR) is 79.4 cm³/mol. The number of nitrogens with one attached hydrogen (secondary N) is 2. The zero-order chi connectivity index (χ0) is 14.8. The van der Waals surface area contributed by atoms with Crippen LogP contribution in [0.4, 0.5) is 11.8 Å². The van der Waals surface area contributed by atoms with Crippen molar-refractivity contribution in [1.82, 2.24) is 15.3 Å². The molecule has 1 aliphatic heterocycles. The fourth-order valence-corrected chi connectivity index (χ4v) is 2.43. The van der Waals surface area contributed by atoms with Crippen LogP contribution in [0, 0.1) is 6.92 Å². The number of rotatable bonds is 4. The van der Waals surface area contributed by atoms with Crippen LogP contribution in [-0.2, 0) is 9.53 Å². The molecule has 2 heterocycles. The highest BCUT2D eigenvalue weighted by Gasteiger charge is 2.34. The Balaban J connectivity index is 1.82. The van der Waals surface area contributed by atoms with Crippen molar-refractivity contribution in [3.05, 3.63) is 11.8 Å². The summed E-state index contributed by atoms with van der Waals surface area (Å²) < 4.78 is 5.48. The molecule has 2 fully saturated rings. The smallest absolute Gasteiger partial charge is 0.245 e. The maximum Gasteiger partial charge on any atom is 0.245 e. The number of amides is 1. The Morgan fingerprint density at radius 3 is 2.95 bits per heavy atom. The van der Waals surface area contributed by atoms with E-state index < -0.39 is 0 Å². The normalized spacial score (nSPS) is 22.0. The number of morpholine rings is 1. The van der Waals surface area contributed by atoms with Gasteiger partial charge in [0.1, 0.15) is 11.9 Å². The van der Waals surface area contributed by atoms with Gasteiger partial charge in [0.25, 0.3) is 0 Å².